The van der Waals surface area contributed by atoms with Crippen molar-refractivity contribution in [3.63, 3.8) is 0 Å². The molecule has 1 aromatic rings. The van der Waals surface area contributed by atoms with Crippen molar-refractivity contribution in [2.45, 2.75) is 31.5 Å². The highest BCUT2D eigenvalue weighted by Gasteiger charge is 2.44. The molecule has 25 heavy (non-hydrogen) atoms. The Hall–Kier alpha value is -1.87. The zero-order valence-corrected chi connectivity index (χ0v) is 13.2. The second-order valence-electron chi connectivity index (χ2n) is 5.84. The van der Waals surface area contributed by atoms with E-state index < -0.39 is 30.3 Å². The summed E-state index contributed by atoms with van der Waals surface area (Å²) >= 11 is 0. The van der Waals surface area contributed by atoms with E-state index in [9.17, 15) is 27.5 Å². The fourth-order valence-corrected chi connectivity index (χ4v) is 2.73. The Morgan fingerprint density at radius 3 is 2.44 bits per heavy atom. The predicted octanol–water partition coefficient (Wildman–Crippen LogP) is 2.13. The maximum absolute atomic E-state index is 13.1. The summed E-state index contributed by atoms with van der Waals surface area (Å²) in [5.41, 5.74) is -0.232. The van der Waals surface area contributed by atoms with Crippen molar-refractivity contribution in [3.8, 4) is 5.75 Å². The number of aliphatic hydroxyl groups excluding tert-OH is 2. The first kappa shape index (κ1) is 19.5. The molecule has 5 nitrogen and oxygen atoms in total. The molecule has 0 aliphatic carbocycles. The Morgan fingerprint density at radius 2 is 1.88 bits per heavy atom. The molecule has 0 saturated carbocycles. The largest absolute Gasteiger partial charge is 0.461 e. The molecule has 1 amide bonds. The van der Waals surface area contributed by atoms with E-state index in [4.69, 9.17) is 5.11 Å². The van der Waals surface area contributed by atoms with Gasteiger partial charge in [-0.1, -0.05) is 12.1 Å². The number of carbonyl (C=O) groups excluding carboxylic acids is 1. The van der Waals surface area contributed by atoms with Crippen LogP contribution < -0.4 is 4.74 Å². The minimum absolute atomic E-state index is 0.163. The minimum Gasteiger partial charge on any atom is -0.427 e. The van der Waals surface area contributed by atoms with E-state index in [1.165, 1.54) is 23.1 Å². The van der Waals surface area contributed by atoms with Crippen molar-refractivity contribution in [3.05, 3.63) is 29.8 Å². The molecule has 140 valence electrons. The number of benzene rings is 1. The number of aliphatic hydroxyl groups is 2. The lowest BCUT2D eigenvalue weighted by molar-refractivity contribution is -0.253. The molecule has 1 fully saturated rings. The highest BCUT2D eigenvalue weighted by molar-refractivity contribution is 5.97. The molecule has 0 bridgehead atoms. The first-order chi connectivity index (χ1) is 11.8. The molecule has 1 aliphatic heterocycles. The van der Waals surface area contributed by atoms with Crippen LogP contribution in [0.3, 0.4) is 0 Å². The molecule has 1 saturated heterocycles. The lowest BCUT2D eigenvalue weighted by Crippen LogP contribution is -2.42. The molecule has 1 aromatic carbocycles. The standard InChI is InChI=1S/C16H19F4NO4/c17-15(18)16(19,20)25-13-4-2-1-3-11(13)14(24)21-7-5-10(6-8-21)12(23)9-22/h1-4,10,12,15,22-23H,5-9H2. The van der Waals surface area contributed by atoms with Gasteiger partial charge in [0.1, 0.15) is 5.75 Å². The molecule has 2 N–H and O–H groups in total. The van der Waals surface area contributed by atoms with E-state index in [2.05, 4.69) is 4.74 Å². The van der Waals surface area contributed by atoms with E-state index in [-0.39, 0.29) is 31.2 Å². The zero-order chi connectivity index (χ0) is 18.6. The Kier molecular flexibility index (Phi) is 6.23. The highest BCUT2D eigenvalue weighted by atomic mass is 19.3. The quantitative estimate of drug-likeness (QED) is 0.758. The number of likely N-dealkylation sites (tertiary alicyclic amines) is 1. The fraction of sp³-hybridized carbons (Fsp3) is 0.562. The Morgan fingerprint density at radius 1 is 1.28 bits per heavy atom. The van der Waals surface area contributed by atoms with Gasteiger partial charge < -0.3 is 19.8 Å². The van der Waals surface area contributed by atoms with Crippen LogP contribution in [0.2, 0.25) is 0 Å². The second kappa shape index (κ2) is 8.01. The number of rotatable bonds is 6. The molecule has 2 rings (SSSR count). The van der Waals surface area contributed by atoms with Crippen LogP contribution in [0.1, 0.15) is 23.2 Å². The van der Waals surface area contributed by atoms with Crippen LogP contribution in [0.5, 0.6) is 5.75 Å². The van der Waals surface area contributed by atoms with Gasteiger partial charge in [-0.15, -0.1) is 0 Å². The molecule has 1 unspecified atom stereocenters. The van der Waals surface area contributed by atoms with Gasteiger partial charge >= 0.3 is 12.5 Å². The summed E-state index contributed by atoms with van der Waals surface area (Å²) in [6, 6.07) is 4.99. The predicted molar refractivity (Wildman–Crippen MR) is 79.7 cm³/mol. The van der Waals surface area contributed by atoms with Gasteiger partial charge in [0, 0.05) is 13.1 Å². The number of nitrogens with zero attached hydrogens (tertiary/aromatic N) is 1. The van der Waals surface area contributed by atoms with E-state index in [1.54, 1.807) is 0 Å². The van der Waals surface area contributed by atoms with Gasteiger partial charge in [0.2, 0.25) is 0 Å². The Bertz CT molecular complexity index is 591. The SMILES string of the molecule is O=C(c1ccccc1OC(F)(F)C(F)F)N1CCC(C(O)CO)CC1. The average molecular weight is 365 g/mol. The van der Waals surface area contributed by atoms with Crippen LogP contribution in [0, 0.1) is 5.92 Å². The molecule has 1 aliphatic rings. The number of piperidine rings is 1. The summed E-state index contributed by atoms with van der Waals surface area (Å²) in [6.07, 6.45) is -8.73. The van der Waals surface area contributed by atoms with Crippen molar-refractivity contribution < 1.29 is 37.3 Å². The lowest BCUT2D eigenvalue weighted by atomic mass is 9.91. The van der Waals surface area contributed by atoms with Gasteiger partial charge in [-0.3, -0.25) is 4.79 Å². The monoisotopic (exact) mass is 365 g/mol. The number of hydrogen-bond acceptors (Lipinski definition) is 4. The Labute approximate surface area is 141 Å². The van der Waals surface area contributed by atoms with Crippen molar-refractivity contribution in [2.24, 2.45) is 5.92 Å². The first-order valence-corrected chi connectivity index (χ1v) is 7.78. The van der Waals surface area contributed by atoms with Gasteiger partial charge in [0.15, 0.2) is 0 Å². The second-order valence-corrected chi connectivity index (χ2v) is 5.84. The van der Waals surface area contributed by atoms with Crippen molar-refractivity contribution in [1.29, 1.82) is 0 Å². The van der Waals surface area contributed by atoms with Crippen LogP contribution >= 0.6 is 0 Å². The summed E-state index contributed by atoms with van der Waals surface area (Å²) in [4.78, 5) is 13.9. The third kappa shape index (κ3) is 4.60. The molecule has 1 heterocycles. The number of carbonyl (C=O) groups is 1. The first-order valence-electron chi connectivity index (χ1n) is 7.78. The maximum atomic E-state index is 13.1. The summed E-state index contributed by atoms with van der Waals surface area (Å²) in [6.45, 7) is 0.123. The number of halogens is 4. The number of hydrogen-bond donors (Lipinski definition) is 2. The summed E-state index contributed by atoms with van der Waals surface area (Å²) in [5.74, 6) is -1.39. The average Bonchev–Trinajstić information content (AvgIpc) is 2.60. The maximum Gasteiger partial charge on any atom is 0.461 e. The molecule has 0 radical (unpaired) electrons. The van der Waals surface area contributed by atoms with Crippen LogP contribution in [-0.4, -0.2) is 59.4 Å². The molecule has 0 aromatic heterocycles. The molecule has 1 atom stereocenters. The lowest BCUT2D eigenvalue weighted by Gasteiger charge is -2.34. The van der Waals surface area contributed by atoms with Gasteiger partial charge in [-0.25, -0.2) is 0 Å². The Balaban J connectivity index is 2.10. The highest BCUT2D eigenvalue weighted by Crippen LogP contribution is 2.31. The summed E-state index contributed by atoms with van der Waals surface area (Å²) < 4.78 is 55.0. The minimum atomic E-state index is -4.70. The van der Waals surface area contributed by atoms with Crippen molar-refractivity contribution in [1.82, 2.24) is 4.90 Å². The van der Waals surface area contributed by atoms with Gasteiger partial charge in [-0.05, 0) is 30.9 Å². The number of ether oxygens (including phenoxy) is 1. The molecule has 9 heteroatoms. The van der Waals surface area contributed by atoms with E-state index in [0.29, 0.717) is 12.8 Å². The van der Waals surface area contributed by atoms with Crippen LogP contribution in [-0.2, 0) is 0 Å². The number of amides is 1. The summed E-state index contributed by atoms with van der Waals surface area (Å²) in [7, 11) is 0. The fourth-order valence-electron chi connectivity index (χ4n) is 2.73. The van der Waals surface area contributed by atoms with Gasteiger partial charge in [-0.2, -0.15) is 17.6 Å². The van der Waals surface area contributed by atoms with E-state index >= 15 is 0 Å². The van der Waals surface area contributed by atoms with Crippen molar-refractivity contribution >= 4 is 5.91 Å². The van der Waals surface area contributed by atoms with E-state index in [1.807, 2.05) is 0 Å². The molecule has 0 spiro atoms. The molecular formula is C16H19F4NO4. The third-order valence-electron chi connectivity index (χ3n) is 4.18. The smallest absolute Gasteiger partial charge is 0.427 e. The summed E-state index contributed by atoms with van der Waals surface area (Å²) in [5, 5.41) is 18.6. The van der Waals surface area contributed by atoms with Gasteiger partial charge in [0.05, 0.1) is 18.3 Å². The van der Waals surface area contributed by atoms with Crippen molar-refractivity contribution in [2.75, 3.05) is 19.7 Å². The number of alkyl halides is 4. The van der Waals surface area contributed by atoms with Crippen LogP contribution in [0.4, 0.5) is 17.6 Å². The topological polar surface area (TPSA) is 70.0 Å². The van der Waals surface area contributed by atoms with Crippen LogP contribution in [0.15, 0.2) is 24.3 Å². The number of para-hydroxylation sites is 1. The zero-order valence-electron chi connectivity index (χ0n) is 13.2. The third-order valence-corrected chi connectivity index (χ3v) is 4.18. The van der Waals surface area contributed by atoms with Crippen LogP contribution in [0.25, 0.3) is 0 Å². The van der Waals surface area contributed by atoms with E-state index in [0.717, 1.165) is 6.07 Å². The molecular weight excluding hydrogens is 346 g/mol. The normalized spacial score (nSPS) is 17.6. The van der Waals surface area contributed by atoms with Gasteiger partial charge in [0.25, 0.3) is 5.91 Å².